The summed E-state index contributed by atoms with van der Waals surface area (Å²) in [5.41, 5.74) is 0. The minimum Gasteiger partial charge on any atom is -0.350 e. The molecule has 4 aliphatic rings. The van der Waals surface area contributed by atoms with Gasteiger partial charge in [-0.3, -0.25) is 4.79 Å². The highest BCUT2D eigenvalue weighted by molar-refractivity contribution is 5.73. The fourth-order valence-electron chi connectivity index (χ4n) is 9.35. The third-order valence-corrected chi connectivity index (χ3v) is 14.4. The molecule has 0 aromatic carbocycles. The SMILES string of the molecule is CCC1O[C@@H](O[C@H]2C(CC)O[C@H](OCC(CO[C@H]3OC(CC)[C@H](O[C@@H]4OC(CC)[C@H](C)C(C)[C@H]4C)C(C)[C@H]3C)NC(C)=O)[C@H](C)C2C)[C@H](C)C(C)[C@H]1C. The molecule has 0 aliphatic carbocycles. The first kappa shape index (κ1) is 44.9. The van der Waals surface area contributed by atoms with Crippen molar-refractivity contribution >= 4 is 5.91 Å². The summed E-state index contributed by atoms with van der Waals surface area (Å²) in [6.45, 7) is 33.2. The molecule has 4 saturated heterocycles. The second-order valence-electron chi connectivity index (χ2n) is 17.7. The summed E-state index contributed by atoms with van der Waals surface area (Å²) >= 11 is 0. The van der Waals surface area contributed by atoms with Crippen LogP contribution in [-0.4, -0.2) is 86.9 Å². The van der Waals surface area contributed by atoms with Gasteiger partial charge in [0.25, 0.3) is 0 Å². The molecule has 0 aromatic heterocycles. The number of carbonyl (C=O) groups excluding carboxylic acids is 1. The first-order chi connectivity index (χ1) is 25.1. The lowest BCUT2D eigenvalue weighted by Gasteiger charge is -2.49. The molecule has 10 nitrogen and oxygen atoms in total. The van der Waals surface area contributed by atoms with Crippen LogP contribution in [0.25, 0.3) is 0 Å². The van der Waals surface area contributed by atoms with Crippen LogP contribution in [0, 0.1) is 59.2 Å². The molecule has 0 aromatic rings. The Hall–Kier alpha value is -0.850. The molecule has 1 N–H and O–H groups in total. The molecule has 1 amide bonds. The van der Waals surface area contributed by atoms with Gasteiger partial charge in [0, 0.05) is 30.6 Å². The Morgan fingerprint density at radius 1 is 0.472 bits per heavy atom. The van der Waals surface area contributed by atoms with Gasteiger partial charge in [-0.15, -0.1) is 0 Å². The molecule has 0 saturated carbocycles. The summed E-state index contributed by atoms with van der Waals surface area (Å²) in [6, 6.07) is -0.371. The maximum Gasteiger partial charge on any atom is 0.217 e. The topological polar surface area (TPSA) is 103 Å². The van der Waals surface area contributed by atoms with Crippen LogP contribution < -0.4 is 5.32 Å². The Labute approximate surface area is 323 Å². The molecule has 0 bridgehead atoms. The van der Waals surface area contributed by atoms with Gasteiger partial charge in [-0.25, -0.2) is 0 Å². The Bertz CT molecular complexity index is 1030. The van der Waals surface area contributed by atoms with Crippen LogP contribution in [-0.2, 0) is 42.7 Å². The van der Waals surface area contributed by atoms with E-state index in [1.165, 1.54) is 6.92 Å². The van der Waals surface area contributed by atoms with Gasteiger partial charge in [0.1, 0.15) is 0 Å². The van der Waals surface area contributed by atoms with Crippen molar-refractivity contribution in [1.82, 2.24) is 5.32 Å². The molecular weight excluding hydrogens is 674 g/mol. The van der Waals surface area contributed by atoms with Gasteiger partial charge < -0.3 is 43.2 Å². The largest absolute Gasteiger partial charge is 0.350 e. The molecule has 0 spiro atoms. The fraction of sp³-hybridized carbons (Fsp3) is 0.977. The number of hydrogen-bond acceptors (Lipinski definition) is 9. The standard InChI is InChI=1S/C43H79NO9/c1-16-34-24(7)22(5)28(11)42(48-34)52-38-26(9)30(13)40(50-36(38)18-3)46-20-33(44-32(15)45)21-47-41-31(14)27(10)39(37(19-4)51-41)53-43-29(12)23(6)25(8)35(17-2)49-43/h22-31,33-43H,16-21H2,1-15H3,(H,44,45)/t22?,23?,24-,25-,26?,27?,28-,29-,30-,31-,33?,34?,35?,36?,37?,38-,39-,40+,41+,42+,43+/m1/s1. The molecule has 53 heavy (non-hydrogen) atoms. The fourth-order valence-corrected chi connectivity index (χ4v) is 9.35. The van der Waals surface area contributed by atoms with E-state index in [4.69, 9.17) is 37.9 Å². The zero-order chi connectivity index (χ0) is 39.3. The lowest BCUT2D eigenvalue weighted by atomic mass is 9.78. The molecule has 20 atom stereocenters. The van der Waals surface area contributed by atoms with E-state index < -0.39 is 12.6 Å². The Kier molecular flexibility index (Phi) is 16.9. The van der Waals surface area contributed by atoms with Crippen LogP contribution >= 0.6 is 0 Å². The van der Waals surface area contributed by atoms with Gasteiger partial charge in [-0.2, -0.15) is 0 Å². The van der Waals surface area contributed by atoms with Crippen LogP contribution in [0.1, 0.15) is 130 Å². The number of nitrogens with one attached hydrogen (secondary N) is 1. The molecule has 4 aliphatic heterocycles. The highest BCUT2D eigenvalue weighted by Gasteiger charge is 2.48. The molecule has 4 rings (SSSR count). The number of ether oxygens (including phenoxy) is 8. The van der Waals surface area contributed by atoms with Gasteiger partial charge in [-0.05, 0) is 61.2 Å². The molecule has 8 unspecified atom stereocenters. The summed E-state index contributed by atoms with van der Waals surface area (Å²) in [5, 5.41) is 3.05. The third kappa shape index (κ3) is 10.4. The van der Waals surface area contributed by atoms with Crippen molar-refractivity contribution in [2.45, 2.75) is 197 Å². The molecule has 310 valence electrons. The van der Waals surface area contributed by atoms with Crippen LogP contribution in [0.5, 0.6) is 0 Å². The van der Waals surface area contributed by atoms with E-state index in [1.54, 1.807) is 0 Å². The molecule has 4 fully saturated rings. The van der Waals surface area contributed by atoms with E-state index in [0.717, 1.165) is 25.7 Å². The number of hydrogen-bond donors (Lipinski definition) is 1. The summed E-state index contributed by atoms with van der Waals surface area (Å²) < 4.78 is 52.9. The van der Waals surface area contributed by atoms with Crippen molar-refractivity contribution in [1.29, 1.82) is 0 Å². The number of amides is 1. The Morgan fingerprint density at radius 3 is 1.11 bits per heavy atom. The number of rotatable bonds is 15. The normalized spacial score (nSPS) is 47.2. The van der Waals surface area contributed by atoms with Crippen molar-refractivity contribution < 1.29 is 42.7 Å². The third-order valence-electron chi connectivity index (χ3n) is 14.4. The van der Waals surface area contributed by atoms with Gasteiger partial charge in [0.15, 0.2) is 25.2 Å². The lowest BCUT2D eigenvalue weighted by molar-refractivity contribution is -0.327. The minimum absolute atomic E-state index is 0.0679. The zero-order valence-corrected chi connectivity index (χ0v) is 36.0. The minimum atomic E-state index is -0.437. The van der Waals surface area contributed by atoms with E-state index in [0.29, 0.717) is 35.5 Å². The second-order valence-corrected chi connectivity index (χ2v) is 17.7. The Morgan fingerprint density at radius 2 is 0.792 bits per heavy atom. The Balaban J connectivity index is 1.35. The van der Waals surface area contributed by atoms with Crippen LogP contribution in [0.2, 0.25) is 0 Å². The molecular formula is C43H79NO9. The van der Waals surface area contributed by atoms with Gasteiger partial charge >= 0.3 is 0 Å². The summed E-state index contributed by atoms with van der Waals surface area (Å²) in [6.07, 6.45) is 2.08. The predicted octanol–water partition coefficient (Wildman–Crippen LogP) is 8.20. The number of carbonyl (C=O) groups is 1. The smallest absolute Gasteiger partial charge is 0.217 e. The van der Waals surface area contributed by atoms with Crippen molar-refractivity contribution in [3.05, 3.63) is 0 Å². The lowest BCUT2D eigenvalue weighted by Crippen LogP contribution is -2.56. The highest BCUT2D eigenvalue weighted by atomic mass is 16.7. The van der Waals surface area contributed by atoms with Crippen LogP contribution in [0.3, 0.4) is 0 Å². The highest BCUT2D eigenvalue weighted by Crippen LogP contribution is 2.43. The van der Waals surface area contributed by atoms with Crippen molar-refractivity contribution in [3.8, 4) is 0 Å². The molecule has 4 heterocycles. The average molecular weight is 754 g/mol. The summed E-state index contributed by atoms with van der Waals surface area (Å²) in [5.74, 6) is 2.96. The average Bonchev–Trinajstić information content (AvgIpc) is 3.14. The van der Waals surface area contributed by atoms with Gasteiger partial charge in [-0.1, -0.05) is 96.9 Å². The predicted molar refractivity (Wildman–Crippen MR) is 207 cm³/mol. The molecule has 0 radical (unpaired) electrons. The summed E-state index contributed by atoms with van der Waals surface area (Å²) in [7, 11) is 0. The second kappa shape index (κ2) is 20.0. The van der Waals surface area contributed by atoms with Gasteiger partial charge in [0.05, 0.1) is 55.9 Å². The monoisotopic (exact) mass is 754 g/mol. The van der Waals surface area contributed by atoms with Crippen molar-refractivity contribution in [2.75, 3.05) is 13.2 Å². The van der Waals surface area contributed by atoms with Crippen molar-refractivity contribution in [3.63, 3.8) is 0 Å². The zero-order valence-electron chi connectivity index (χ0n) is 36.0. The first-order valence-electron chi connectivity index (χ1n) is 21.5. The quantitative estimate of drug-likeness (QED) is 0.177. The summed E-state index contributed by atoms with van der Waals surface area (Å²) in [4.78, 5) is 12.3. The van der Waals surface area contributed by atoms with Gasteiger partial charge in [0.2, 0.25) is 5.91 Å². The van der Waals surface area contributed by atoms with Crippen LogP contribution in [0.15, 0.2) is 0 Å². The molecule has 10 heteroatoms. The maximum atomic E-state index is 12.3. The van der Waals surface area contributed by atoms with E-state index in [-0.39, 0.29) is 98.0 Å². The van der Waals surface area contributed by atoms with Crippen LogP contribution in [0.4, 0.5) is 0 Å². The van der Waals surface area contributed by atoms with E-state index >= 15 is 0 Å². The maximum absolute atomic E-state index is 12.3. The van der Waals surface area contributed by atoms with E-state index in [2.05, 4.69) is 102 Å². The van der Waals surface area contributed by atoms with Crippen molar-refractivity contribution in [2.24, 2.45) is 59.2 Å². The van der Waals surface area contributed by atoms with E-state index in [1.807, 2.05) is 0 Å². The van der Waals surface area contributed by atoms with E-state index in [9.17, 15) is 4.79 Å². The first-order valence-corrected chi connectivity index (χ1v) is 21.5.